The first kappa shape index (κ1) is 20.5. The molecule has 36 heavy (non-hydrogen) atoms. The third-order valence-corrected chi connectivity index (χ3v) is 9.46. The summed E-state index contributed by atoms with van der Waals surface area (Å²) < 4.78 is 0. The molecule has 0 amide bonds. The zero-order valence-corrected chi connectivity index (χ0v) is 20.7. The minimum absolute atomic E-state index is 0.161. The van der Waals surface area contributed by atoms with Crippen LogP contribution in [0, 0.1) is 0 Å². The highest BCUT2D eigenvalue weighted by Gasteiger charge is 2.48. The largest absolute Gasteiger partial charge is 0.0802 e. The van der Waals surface area contributed by atoms with Gasteiger partial charge >= 0.3 is 0 Å². The first-order valence-electron chi connectivity index (χ1n) is 13.6. The lowest BCUT2D eigenvalue weighted by Gasteiger charge is -2.32. The molecule has 0 bridgehead atoms. The molecule has 8 rings (SSSR count). The SMILES string of the molecule is C1=CC2=C(C1)Cc1c(-c3ccccc3)ccc3c1C1(CCc4ccc(-c5ccccc5)c(c41)C2)CC3. The van der Waals surface area contributed by atoms with Crippen molar-refractivity contribution in [3.8, 4) is 22.3 Å². The summed E-state index contributed by atoms with van der Waals surface area (Å²) in [7, 11) is 0. The molecule has 1 unspecified atom stereocenters. The summed E-state index contributed by atoms with van der Waals surface area (Å²) >= 11 is 0. The van der Waals surface area contributed by atoms with Gasteiger partial charge < -0.3 is 0 Å². The maximum absolute atomic E-state index is 2.47. The van der Waals surface area contributed by atoms with Crippen molar-refractivity contribution in [2.75, 3.05) is 0 Å². The highest BCUT2D eigenvalue weighted by molar-refractivity contribution is 5.78. The normalized spacial score (nSPS) is 21.0. The molecular formula is C36H30. The van der Waals surface area contributed by atoms with Gasteiger partial charge in [0, 0.05) is 5.41 Å². The van der Waals surface area contributed by atoms with E-state index in [1.807, 2.05) is 0 Å². The Morgan fingerprint density at radius 1 is 0.556 bits per heavy atom. The van der Waals surface area contributed by atoms with E-state index in [1.165, 1.54) is 47.9 Å². The smallest absolute Gasteiger partial charge is 0.0220 e. The van der Waals surface area contributed by atoms with E-state index in [1.54, 1.807) is 44.5 Å². The highest BCUT2D eigenvalue weighted by atomic mass is 14.5. The molecule has 174 valence electrons. The number of allylic oxidation sites excluding steroid dienone is 4. The maximum atomic E-state index is 2.47. The fourth-order valence-corrected chi connectivity index (χ4v) is 7.96. The molecule has 0 saturated carbocycles. The van der Waals surface area contributed by atoms with Crippen LogP contribution in [0.3, 0.4) is 0 Å². The molecule has 0 nitrogen and oxygen atoms in total. The Morgan fingerprint density at radius 2 is 1.11 bits per heavy atom. The average molecular weight is 463 g/mol. The van der Waals surface area contributed by atoms with Crippen LogP contribution in [0.25, 0.3) is 22.3 Å². The minimum atomic E-state index is 0.161. The second-order valence-corrected chi connectivity index (χ2v) is 11.2. The Balaban J connectivity index is 1.47. The van der Waals surface area contributed by atoms with Gasteiger partial charge in [0.2, 0.25) is 0 Å². The predicted molar refractivity (Wildman–Crippen MR) is 149 cm³/mol. The molecule has 0 aromatic heterocycles. The molecule has 0 fully saturated rings. The van der Waals surface area contributed by atoms with Gasteiger partial charge in [0.15, 0.2) is 0 Å². The van der Waals surface area contributed by atoms with Gasteiger partial charge in [-0.05, 0) is 106 Å². The molecule has 0 N–H and O–H groups in total. The highest BCUT2D eigenvalue weighted by Crippen LogP contribution is 2.58. The van der Waals surface area contributed by atoms with Gasteiger partial charge in [-0.25, -0.2) is 0 Å². The van der Waals surface area contributed by atoms with E-state index in [-0.39, 0.29) is 5.41 Å². The Labute approximate surface area is 214 Å². The van der Waals surface area contributed by atoms with Crippen LogP contribution in [0.5, 0.6) is 0 Å². The summed E-state index contributed by atoms with van der Waals surface area (Å²) in [4.78, 5) is 0. The Kier molecular flexibility index (Phi) is 4.38. The van der Waals surface area contributed by atoms with Gasteiger partial charge in [0.1, 0.15) is 0 Å². The van der Waals surface area contributed by atoms with Gasteiger partial charge in [-0.2, -0.15) is 0 Å². The summed E-state index contributed by atoms with van der Waals surface area (Å²) in [6, 6.07) is 32.0. The standard InChI is InChI=1S/C36H30/c1-3-8-24(9-4-1)30-16-14-26-18-20-36-21-19-27-15-17-31(25-10-5-2-6-11-25)33(35(27)36)23-29-13-7-12-28(29)22-32(30)34(26)36/h1-12,14-17H,13,18-23H2. The number of hydrogen-bond donors (Lipinski definition) is 0. The van der Waals surface area contributed by atoms with Crippen molar-refractivity contribution >= 4 is 0 Å². The molecule has 4 aliphatic rings. The minimum Gasteiger partial charge on any atom is -0.0802 e. The van der Waals surface area contributed by atoms with Gasteiger partial charge in [0.05, 0.1) is 0 Å². The summed E-state index contributed by atoms with van der Waals surface area (Å²) in [6.45, 7) is 0. The molecule has 4 aromatic rings. The van der Waals surface area contributed by atoms with Crippen LogP contribution >= 0.6 is 0 Å². The van der Waals surface area contributed by atoms with E-state index in [4.69, 9.17) is 0 Å². The fraction of sp³-hybridized carbons (Fsp3) is 0.222. The van der Waals surface area contributed by atoms with Crippen molar-refractivity contribution in [2.24, 2.45) is 0 Å². The first-order valence-corrected chi connectivity index (χ1v) is 13.6. The Hall–Kier alpha value is -3.64. The molecule has 0 heteroatoms. The van der Waals surface area contributed by atoms with Crippen LogP contribution in [0.1, 0.15) is 52.6 Å². The zero-order chi connectivity index (χ0) is 23.7. The van der Waals surface area contributed by atoms with Crippen LogP contribution in [0.4, 0.5) is 0 Å². The van der Waals surface area contributed by atoms with Crippen molar-refractivity contribution in [3.05, 3.63) is 142 Å². The number of rotatable bonds is 2. The first-order chi connectivity index (χ1) is 17.8. The second kappa shape index (κ2) is 7.68. The molecule has 0 heterocycles. The van der Waals surface area contributed by atoms with Crippen LogP contribution in [0.2, 0.25) is 0 Å². The van der Waals surface area contributed by atoms with Gasteiger partial charge in [-0.3, -0.25) is 0 Å². The molecule has 0 aliphatic heterocycles. The lowest BCUT2D eigenvalue weighted by molar-refractivity contribution is 0.502. The number of benzene rings is 4. The number of hydrogen-bond acceptors (Lipinski definition) is 0. The molecule has 4 aromatic carbocycles. The van der Waals surface area contributed by atoms with Gasteiger partial charge in [0.25, 0.3) is 0 Å². The predicted octanol–water partition coefficient (Wildman–Crippen LogP) is 8.55. The fourth-order valence-electron chi connectivity index (χ4n) is 7.96. The van der Waals surface area contributed by atoms with Crippen LogP contribution in [-0.2, 0) is 31.1 Å². The molecular weight excluding hydrogens is 432 g/mol. The Bertz CT molecular complexity index is 1580. The van der Waals surface area contributed by atoms with E-state index in [0.29, 0.717) is 0 Å². The van der Waals surface area contributed by atoms with Crippen molar-refractivity contribution in [1.82, 2.24) is 0 Å². The van der Waals surface area contributed by atoms with E-state index in [0.717, 1.165) is 19.3 Å². The summed E-state index contributed by atoms with van der Waals surface area (Å²) in [5.41, 5.74) is 18.7. The molecule has 0 saturated heterocycles. The second-order valence-electron chi connectivity index (χ2n) is 11.2. The lowest BCUT2D eigenvalue weighted by Crippen LogP contribution is -2.25. The summed E-state index contributed by atoms with van der Waals surface area (Å²) in [5, 5.41) is 0. The molecule has 0 radical (unpaired) electrons. The molecule has 1 atom stereocenters. The molecule has 1 spiro atoms. The lowest BCUT2D eigenvalue weighted by atomic mass is 9.71. The Morgan fingerprint density at radius 3 is 1.69 bits per heavy atom. The monoisotopic (exact) mass is 462 g/mol. The van der Waals surface area contributed by atoms with Crippen molar-refractivity contribution in [3.63, 3.8) is 0 Å². The summed E-state index contributed by atoms with van der Waals surface area (Å²) in [5.74, 6) is 0. The van der Waals surface area contributed by atoms with Gasteiger partial charge in [-0.1, -0.05) is 103 Å². The summed E-state index contributed by atoms with van der Waals surface area (Å²) in [6.07, 6.45) is 13.0. The quantitative estimate of drug-likeness (QED) is 0.280. The van der Waals surface area contributed by atoms with E-state index in [2.05, 4.69) is 97.1 Å². The molecule has 4 aliphatic carbocycles. The topological polar surface area (TPSA) is 0 Å². The van der Waals surface area contributed by atoms with E-state index >= 15 is 0 Å². The maximum Gasteiger partial charge on any atom is 0.0220 e. The van der Waals surface area contributed by atoms with Crippen LogP contribution in [0.15, 0.2) is 108 Å². The third-order valence-electron chi connectivity index (χ3n) is 9.46. The van der Waals surface area contributed by atoms with E-state index in [9.17, 15) is 0 Å². The number of aryl methyl sites for hydroxylation is 2. The average Bonchev–Trinajstić information content (AvgIpc) is 3.64. The van der Waals surface area contributed by atoms with Crippen molar-refractivity contribution in [1.29, 1.82) is 0 Å². The van der Waals surface area contributed by atoms with Crippen LogP contribution in [-0.4, -0.2) is 0 Å². The van der Waals surface area contributed by atoms with Crippen LogP contribution < -0.4 is 0 Å². The van der Waals surface area contributed by atoms with Crippen molar-refractivity contribution < 1.29 is 0 Å². The zero-order valence-electron chi connectivity index (χ0n) is 20.7. The van der Waals surface area contributed by atoms with Crippen molar-refractivity contribution in [2.45, 2.75) is 50.4 Å². The van der Waals surface area contributed by atoms with Gasteiger partial charge in [-0.15, -0.1) is 0 Å². The third kappa shape index (κ3) is 2.82. The van der Waals surface area contributed by atoms with E-state index < -0.39 is 0 Å².